The molecule has 1 aromatic carbocycles. The molecule has 0 aromatic heterocycles. The second kappa shape index (κ2) is 9.66. The van der Waals surface area contributed by atoms with Crippen molar-refractivity contribution in [1.29, 1.82) is 0 Å². The third-order valence-electron chi connectivity index (χ3n) is 2.78. The van der Waals surface area contributed by atoms with E-state index in [9.17, 15) is 8.42 Å². The molecule has 7 heteroatoms. The van der Waals surface area contributed by atoms with Crippen molar-refractivity contribution in [2.24, 2.45) is 0 Å². The first-order valence-electron chi connectivity index (χ1n) is 7.52. The highest BCUT2D eigenvalue weighted by molar-refractivity contribution is 7.89. The molecule has 1 rings (SSSR count). The van der Waals surface area contributed by atoms with Crippen LogP contribution in [-0.4, -0.2) is 41.4 Å². The zero-order valence-electron chi connectivity index (χ0n) is 13.4. The molecular formula is C15H25NO5S. The Morgan fingerprint density at radius 1 is 1.05 bits per heavy atom. The summed E-state index contributed by atoms with van der Waals surface area (Å²) in [7, 11) is -3.65. The fourth-order valence-electron chi connectivity index (χ4n) is 1.83. The van der Waals surface area contributed by atoms with Crippen molar-refractivity contribution >= 4 is 10.0 Å². The van der Waals surface area contributed by atoms with Crippen LogP contribution in [-0.2, 0) is 14.8 Å². The molecule has 0 saturated carbocycles. The molecule has 0 aliphatic carbocycles. The molecule has 6 nitrogen and oxygen atoms in total. The number of benzene rings is 1. The van der Waals surface area contributed by atoms with Gasteiger partial charge in [0, 0.05) is 25.8 Å². The van der Waals surface area contributed by atoms with Crippen molar-refractivity contribution in [2.75, 3.05) is 33.0 Å². The molecule has 0 bridgehead atoms. The van der Waals surface area contributed by atoms with Crippen molar-refractivity contribution in [3.63, 3.8) is 0 Å². The average molecular weight is 331 g/mol. The standard InChI is InChI=1S/C15H25NO5S/c1-4-19-11-7-10-16-22(17,18)15-12-13(20-5-2)8-9-14(15)21-6-3/h8-9,12,16H,4-7,10-11H2,1-3H3. The number of ether oxygens (including phenoxy) is 3. The van der Waals surface area contributed by atoms with E-state index in [2.05, 4.69) is 4.72 Å². The predicted molar refractivity (Wildman–Crippen MR) is 85.1 cm³/mol. The lowest BCUT2D eigenvalue weighted by Gasteiger charge is -2.13. The van der Waals surface area contributed by atoms with Crippen molar-refractivity contribution < 1.29 is 22.6 Å². The van der Waals surface area contributed by atoms with E-state index in [0.29, 0.717) is 50.9 Å². The molecule has 1 aromatic rings. The molecule has 0 unspecified atom stereocenters. The Hall–Kier alpha value is -1.31. The summed E-state index contributed by atoms with van der Waals surface area (Å²) < 4.78 is 43.4. The van der Waals surface area contributed by atoms with E-state index in [-0.39, 0.29) is 4.90 Å². The summed E-state index contributed by atoms with van der Waals surface area (Å²) in [6.45, 7) is 7.87. The summed E-state index contributed by atoms with van der Waals surface area (Å²) >= 11 is 0. The predicted octanol–water partition coefficient (Wildman–Crippen LogP) is 2.19. The highest BCUT2D eigenvalue weighted by Crippen LogP contribution is 2.28. The van der Waals surface area contributed by atoms with Crippen molar-refractivity contribution in [1.82, 2.24) is 4.72 Å². The molecule has 0 aliphatic heterocycles. The molecule has 0 saturated heterocycles. The highest BCUT2D eigenvalue weighted by Gasteiger charge is 2.20. The number of hydrogen-bond acceptors (Lipinski definition) is 5. The zero-order chi connectivity index (χ0) is 16.4. The van der Waals surface area contributed by atoms with Gasteiger partial charge in [-0.15, -0.1) is 0 Å². The van der Waals surface area contributed by atoms with Gasteiger partial charge in [0.2, 0.25) is 10.0 Å². The normalized spacial score (nSPS) is 11.4. The molecular weight excluding hydrogens is 306 g/mol. The van der Waals surface area contributed by atoms with Crippen LogP contribution in [0.1, 0.15) is 27.2 Å². The Balaban J connectivity index is 2.87. The maximum Gasteiger partial charge on any atom is 0.244 e. The van der Waals surface area contributed by atoms with Gasteiger partial charge in [0.15, 0.2) is 0 Å². The van der Waals surface area contributed by atoms with Gasteiger partial charge < -0.3 is 14.2 Å². The van der Waals surface area contributed by atoms with E-state index in [4.69, 9.17) is 14.2 Å². The topological polar surface area (TPSA) is 73.9 Å². The molecule has 0 heterocycles. The third kappa shape index (κ3) is 5.82. The number of sulfonamides is 1. The lowest BCUT2D eigenvalue weighted by Crippen LogP contribution is -2.26. The first kappa shape index (κ1) is 18.7. The Labute approximate surface area is 132 Å². The zero-order valence-corrected chi connectivity index (χ0v) is 14.2. The van der Waals surface area contributed by atoms with Crippen LogP contribution < -0.4 is 14.2 Å². The van der Waals surface area contributed by atoms with Gasteiger partial charge in [-0.25, -0.2) is 13.1 Å². The smallest absolute Gasteiger partial charge is 0.244 e. The number of rotatable bonds is 11. The summed E-state index contributed by atoms with van der Waals surface area (Å²) in [5, 5.41) is 0. The van der Waals surface area contributed by atoms with E-state index in [1.54, 1.807) is 12.1 Å². The molecule has 0 spiro atoms. The molecule has 0 amide bonds. The maximum atomic E-state index is 12.4. The third-order valence-corrected chi connectivity index (χ3v) is 4.26. The van der Waals surface area contributed by atoms with E-state index in [0.717, 1.165) is 0 Å². The molecule has 0 aliphatic rings. The van der Waals surface area contributed by atoms with Gasteiger partial charge in [-0.2, -0.15) is 0 Å². The van der Waals surface area contributed by atoms with E-state index in [1.165, 1.54) is 6.07 Å². The van der Waals surface area contributed by atoms with Crippen LogP contribution in [0, 0.1) is 0 Å². The number of hydrogen-bond donors (Lipinski definition) is 1. The minimum Gasteiger partial charge on any atom is -0.494 e. The SMILES string of the molecule is CCOCCCNS(=O)(=O)c1cc(OCC)ccc1OCC. The lowest BCUT2D eigenvalue weighted by atomic mass is 10.3. The van der Waals surface area contributed by atoms with Crippen LogP contribution in [0.3, 0.4) is 0 Å². The van der Waals surface area contributed by atoms with E-state index < -0.39 is 10.0 Å². The number of nitrogens with one attached hydrogen (secondary N) is 1. The fraction of sp³-hybridized carbons (Fsp3) is 0.600. The van der Waals surface area contributed by atoms with Crippen LogP contribution in [0.5, 0.6) is 11.5 Å². The quantitative estimate of drug-likeness (QED) is 0.629. The molecule has 0 atom stereocenters. The van der Waals surface area contributed by atoms with Gasteiger partial charge in [0.1, 0.15) is 16.4 Å². The fourth-order valence-corrected chi connectivity index (χ4v) is 3.06. The summed E-state index contributed by atoms with van der Waals surface area (Å²) in [6, 6.07) is 4.80. The van der Waals surface area contributed by atoms with Gasteiger partial charge in [0.05, 0.1) is 13.2 Å². The molecule has 0 radical (unpaired) electrons. The van der Waals surface area contributed by atoms with Crippen molar-refractivity contribution in [3.05, 3.63) is 18.2 Å². The monoisotopic (exact) mass is 331 g/mol. The van der Waals surface area contributed by atoms with E-state index in [1.807, 2.05) is 20.8 Å². The minimum absolute atomic E-state index is 0.0942. The van der Waals surface area contributed by atoms with Crippen LogP contribution in [0.2, 0.25) is 0 Å². The maximum absolute atomic E-state index is 12.4. The van der Waals surface area contributed by atoms with Gasteiger partial charge in [-0.3, -0.25) is 0 Å². The minimum atomic E-state index is -3.65. The molecule has 1 N–H and O–H groups in total. The van der Waals surface area contributed by atoms with Crippen LogP contribution in [0.15, 0.2) is 23.1 Å². The largest absolute Gasteiger partial charge is 0.494 e. The Bertz CT molecular complexity index is 545. The van der Waals surface area contributed by atoms with Crippen LogP contribution in [0.4, 0.5) is 0 Å². The van der Waals surface area contributed by atoms with Crippen LogP contribution >= 0.6 is 0 Å². The van der Waals surface area contributed by atoms with Crippen molar-refractivity contribution in [3.8, 4) is 11.5 Å². The van der Waals surface area contributed by atoms with Crippen LogP contribution in [0.25, 0.3) is 0 Å². The molecule has 22 heavy (non-hydrogen) atoms. The van der Waals surface area contributed by atoms with E-state index >= 15 is 0 Å². The first-order chi connectivity index (χ1) is 10.5. The summed E-state index contributed by atoms with van der Waals surface area (Å²) in [5.41, 5.74) is 0. The summed E-state index contributed by atoms with van der Waals surface area (Å²) in [6.07, 6.45) is 0.613. The highest BCUT2D eigenvalue weighted by atomic mass is 32.2. The molecule has 0 fully saturated rings. The summed E-state index contributed by atoms with van der Waals surface area (Å²) in [4.78, 5) is 0.0942. The lowest BCUT2D eigenvalue weighted by molar-refractivity contribution is 0.146. The van der Waals surface area contributed by atoms with Gasteiger partial charge >= 0.3 is 0 Å². The Kier molecular flexibility index (Phi) is 8.22. The van der Waals surface area contributed by atoms with Gasteiger partial charge in [-0.1, -0.05) is 0 Å². The molecule has 126 valence electrons. The Morgan fingerprint density at radius 2 is 1.77 bits per heavy atom. The van der Waals surface area contributed by atoms with Crippen molar-refractivity contribution in [2.45, 2.75) is 32.1 Å². The van der Waals surface area contributed by atoms with Gasteiger partial charge in [0.25, 0.3) is 0 Å². The second-order valence-corrected chi connectivity index (χ2v) is 6.16. The van der Waals surface area contributed by atoms with Gasteiger partial charge in [-0.05, 0) is 39.3 Å². The average Bonchev–Trinajstić information content (AvgIpc) is 2.49. The summed E-state index contributed by atoms with van der Waals surface area (Å²) in [5.74, 6) is 0.823. The Morgan fingerprint density at radius 3 is 2.41 bits per heavy atom. The first-order valence-corrected chi connectivity index (χ1v) is 9.00. The second-order valence-electron chi connectivity index (χ2n) is 4.42.